The van der Waals surface area contributed by atoms with Crippen molar-refractivity contribution in [1.82, 2.24) is 9.97 Å². The van der Waals surface area contributed by atoms with Gasteiger partial charge < -0.3 is 4.74 Å². The maximum atomic E-state index is 11.5. The highest BCUT2D eigenvalue weighted by Crippen LogP contribution is 2.30. The third-order valence-electron chi connectivity index (χ3n) is 2.40. The summed E-state index contributed by atoms with van der Waals surface area (Å²) in [5, 5.41) is 5.32. The minimum absolute atomic E-state index is 0.130. The number of nitrogens with two attached hydrogens (primary N) is 1. The smallest absolute Gasteiger partial charge is 0.241 e. The van der Waals surface area contributed by atoms with Crippen LogP contribution in [0.15, 0.2) is 35.5 Å². The van der Waals surface area contributed by atoms with Gasteiger partial charge in [0.1, 0.15) is 16.3 Å². The van der Waals surface area contributed by atoms with Crippen LogP contribution >= 0.6 is 11.6 Å². The third-order valence-corrected chi connectivity index (χ3v) is 3.61. The monoisotopic (exact) mass is 299 g/mol. The fourth-order valence-electron chi connectivity index (χ4n) is 1.56. The lowest BCUT2D eigenvalue weighted by molar-refractivity contribution is 0.403. The maximum absolute atomic E-state index is 11.5. The van der Waals surface area contributed by atoms with E-state index >= 15 is 0 Å². The van der Waals surface area contributed by atoms with Gasteiger partial charge in [-0.25, -0.2) is 18.5 Å². The molecule has 8 heteroatoms. The second-order valence-corrected chi connectivity index (χ2v) is 5.49. The van der Waals surface area contributed by atoms with Crippen molar-refractivity contribution in [3.05, 3.63) is 35.7 Å². The van der Waals surface area contributed by atoms with Gasteiger partial charge in [-0.1, -0.05) is 11.6 Å². The van der Waals surface area contributed by atoms with Gasteiger partial charge in [0.15, 0.2) is 5.15 Å². The number of halogens is 1. The molecule has 2 aromatic rings. The van der Waals surface area contributed by atoms with E-state index in [0.29, 0.717) is 11.3 Å². The van der Waals surface area contributed by atoms with Gasteiger partial charge in [-0.3, -0.25) is 4.98 Å². The van der Waals surface area contributed by atoms with Crippen molar-refractivity contribution < 1.29 is 13.2 Å². The Bertz CT molecular complexity index is 719. The predicted octanol–water partition coefficient (Wildman–Crippen LogP) is 1.45. The van der Waals surface area contributed by atoms with Crippen LogP contribution in [0.3, 0.4) is 0 Å². The number of hydrogen-bond acceptors (Lipinski definition) is 5. The van der Waals surface area contributed by atoms with Crippen LogP contribution in [0.25, 0.3) is 11.3 Å². The first-order valence-electron chi connectivity index (χ1n) is 5.11. The molecule has 0 saturated carbocycles. The number of sulfonamides is 1. The first-order chi connectivity index (χ1) is 8.93. The second kappa shape index (κ2) is 5.12. The molecular formula is C11H10ClN3O3S. The summed E-state index contributed by atoms with van der Waals surface area (Å²) in [6, 6.07) is 4.47. The zero-order valence-corrected chi connectivity index (χ0v) is 11.4. The minimum atomic E-state index is -3.91. The lowest BCUT2D eigenvalue weighted by atomic mass is 10.1. The highest BCUT2D eigenvalue weighted by Gasteiger charge is 2.17. The lowest BCUT2D eigenvalue weighted by Crippen LogP contribution is -2.13. The van der Waals surface area contributed by atoms with Gasteiger partial charge in [0.05, 0.1) is 7.11 Å². The summed E-state index contributed by atoms with van der Waals surface area (Å²) in [5.41, 5.74) is 0.861. The Morgan fingerprint density at radius 1 is 1.26 bits per heavy atom. The molecule has 19 heavy (non-hydrogen) atoms. The number of nitrogens with zero attached hydrogens (tertiary/aromatic N) is 2. The molecule has 1 aromatic carbocycles. The first-order valence-corrected chi connectivity index (χ1v) is 7.03. The zero-order valence-electron chi connectivity index (χ0n) is 9.87. The maximum Gasteiger partial charge on any atom is 0.241 e. The van der Waals surface area contributed by atoms with Crippen molar-refractivity contribution in [2.45, 2.75) is 4.90 Å². The van der Waals surface area contributed by atoms with Gasteiger partial charge in [-0.05, 0) is 18.2 Å². The fraction of sp³-hybridized carbons (Fsp3) is 0.0909. The van der Waals surface area contributed by atoms with Crippen LogP contribution in [-0.2, 0) is 10.0 Å². The quantitative estimate of drug-likeness (QED) is 0.925. The fourth-order valence-corrected chi connectivity index (χ4v) is 2.50. The van der Waals surface area contributed by atoms with E-state index in [0.717, 1.165) is 0 Å². The third kappa shape index (κ3) is 2.83. The average Bonchev–Trinajstić information content (AvgIpc) is 2.37. The summed E-state index contributed by atoms with van der Waals surface area (Å²) in [5.74, 6) is 0.159. The molecule has 1 aromatic heterocycles. The molecule has 100 valence electrons. The Kier molecular flexibility index (Phi) is 3.70. The zero-order chi connectivity index (χ0) is 14.0. The molecule has 6 nitrogen and oxygen atoms in total. The van der Waals surface area contributed by atoms with Crippen molar-refractivity contribution in [2.75, 3.05) is 7.11 Å². The SMILES string of the molecule is COc1ccc(-c2nccnc2Cl)cc1S(N)(=O)=O. The Balaban J connectivity index is 2.66. The summed E-state index contributed by atoms with van der Waals surface area (Å²) < 4.78 is 28.0. The molecule has 0 aliphatic rings. The standard InChI is InChI=1S/C11H10ClN3O3S/c1-18-8-3-2-7(6-9(8)19(13,16)17)10-11(12)15-5-4-14-10/h2-6H,1H3,(H2,13,16,17). The molecule has 0 amide bonds. The van der Waals surface area contributed by atoms with Crippen LogP contribution in [0, 0.1) is 0 Å². The summed E-state index contributed by atoms with van der Waals surface area (Å²) in [7, 11) is -2.55. The van der Waals surface area contributed by atoms with Gasteiger partial charge in [0.2, 0.25) is 10.0 Å². The van der Waals surface area contributed by atoms with E-state index in [-0.39, 0.29) is 15.8 Å². The van der Waals surface area contributed by atoms with Crippen LogP contribution < -0.4 is 9.88 Å². The van der Waals surface area contributed by atoms with E-state index < -0.39 is 10.0 Å². The van der Waals surface area contributed by atoms with E-state index in [4.69, 9.17) is 21.5 Å². The molecule has 0 atom stereocenters. The lowest BCUT2D eigenvalue weighted by Gasteiger charge is -2.09. The summed E-state index contributed by atoms with van der Waals surface area (Å²) in [6.45, 7) is 0. The van der Waals surface area contributed by atoms with E-state index in [9.17, 15) is 8.42 Å². The highest BCUT2D eigenvalue weighted by molar-refractivity contribution is 7.89. The number of rotatable bonds is 3. The van der Waals surface area contributed by atoms with E-state index in [2.05, 4.69) is 9.97 Å². The molecule has 0 unspecified atom stereocenters. The number of primary sulfonamides is 1. The van der Waals surface area contributed by atoms with Gasteiger partial charge in [-0.2, -0.15) is 0 Å². The Labute approximate surface area is 115 Å². The van der Waals surface area contributed by atoms with Crippen LogP contribution in [0.1, 0.15) is 0 Å². The van der Waals surface area contributed by atoms with E-state index in [1.54, 1.807) is 6.07 Å². The van der Waals surface area contributed by atoms with E-state index in [1.165, 1.54) is 31.6 Å². The summed E-state index contributed by atoms with van der Waals surface area (Å²) >= 11 is 5.91. The summed E-state index contributed by atoms with van der Waals surface area (Å²) in [4.78, 5) is 7.81. The molecule has 0 aliphatic heterocycles. The molecule has 2 rings (SSSR count). The van der Waals surface area contributed by atoms with Crippen LogP contribution in [0.2, 0.25) is 5.15 Å². The van der Waals surface area contributed by atoms with Gasteiger partial charge >= 0.3 is 0 Å². The Morgan fingerprint density at radius 3 is 2.53 bits per heavy atom. The molecule has 0 saturated heterocycles. The molecule has 0 fully saturated rings. The van der Waals surface area contributed by atoms with E-state index in [1.807, 2.05) is 0 Å². The average molecular weight is 300 g/mol. The molecule has 1 heterocycles. The van der Waals surface area contributed by atoms with Crippen molar-refractivity contribution in [2.24, 2.45) is 5.14 Å². The van der Waals surface area contributed by atoms with Crippen molar-refractivity contribution in [1.29, 1.82) is 0 Å². The number of benzene rings is 1. The molecular weight excluding hydrogens is 290 g/mol. The van der Waals surface area contributed by atoms with Crippen molar-refractivity contribution in [3.8, 4) is 17.0 Å². The molecule has 0 spiro atoms. The molecule has 0 bridgehead atoms. The van der Waals surface area contributed by atoms with Crippen LogP contribution in [0.4, 0.5) is 0 Å². The number of ether oxygens (including phenoxy) is 1. The Hall–Kier alpha value is -1.70. The molecule has 0 aliphatic carbocycles. The number of aromatic nitrogens is 2. The normalized spacial score (nSPS) is 11.3. The van der Waals surface area contributed by atoms with Crippen LogP contribution in [-0.4, -0.2) is 25.5 Å². The minimum Gasteiger partial charge on any atom is -0.495 e. The summed E-state index contributed by atoms with van der Waals surface area (Å²) in [6.07, 6.45) is 2.90. The topological polar surface area (TPSA) is 95.2 Å². The first kappa shape index (κ1) is 13.7. The van der Waals surface area contributed by atoms with Crippen LogP contribution in [0.5, 0.6) is 5.75 Å². The number of methoxy groups -OCH3 is 1. The predicted molar refractivity (Wildman–Crippen MR) is 70.4 cm³/mol. The van der Waals surface area contributed by atoms with Gasteiger partial charge in [-0.15, -0.1) is 0 Å². The Morgan fingerprint density at radius 2 is 1.95 bits per heavy atom. The number of hydrogen-bond donors (Lipinski definition) is 1. The van der Waals surface area contributed by atoms with Crippen molar-refractivity contribution in [3.63, 3.8) is 0 Å². The second-order valence-electron chi connectivity index (χ2n) is 3.61. The molecule has 0 radical (unpaired) electrons. The largest absolute Gasteiger partial charge is 0.495 e. The van der Waals surface area contributed by atoms with Gasteiger partial charge in [0.25, 0.3) is 0 Å². The van der Waals surface area contributed by atoms with Gasteiger partial charge in [0, 0.05) is 18.0 Å². The van der Waals surface area contributed by atoms with Crippen molar-refractivity contribution >= 4 is 21.6 Å². The highest BCUT2D eigenvalue weighted by atomic mass is 35.5. The molecule has 2 N–H and O–H groups in total.